The van der Waals surface area contributed by atoms with Crippen LogP contribution in [0.5, 0.6) is 0 Å². The van der Waals surface area contributed by atoms with Gasteiger partial charge in [0, 0.05) is 25.7 Å². The standard InChI is InChI=1S/C15H24F2N2O3/c1-4-9-7-19(6-5-18(9)8-10(16)17)13(20)11-12(14(21)22)15(11,2)3/h9-12H,4-8H2,1-3H3,(H,21,22)/t9?,11-,12+/m0/s1. The van der Waals surface area contributed by atoms with Crippen molar-refractivity contribution in [1.29, 1.82) is 0 Å². The topological polar surface area (TPSA) is 60.9 Å². The van der Waals surface area contributed by atoms with Crippen molar-refractivity contribution in [1.82, 2.24) is 9.80 Å². The number of aliphatic carboxylic acids is 1. The lowest BCUT2D eigenvalue weighted by Gasteiger charge is -2.41. The van der Waals surface area contributed by atoms with Crippen LogP contribution in [0.15, 0.2) is 0 Å². The Hall–Kier alpha value is -1.24. The number of carboxylic acids is 1. The fraction of sp³-hybridized carbons (Fsp3) is 0.867. The Morgan fingerprint density at radius 2 is 1.91 bits per heavy atom. The number of alkyl halides is 2. The van der Waals surface area contributed by atoms with Crippen LogP contribution in [0.1, 0.15) is 27.2 Å². The molecule has 0 radical (unpaired) electrons. The molecule has 2 rings (SSSR count). The molecular weight excluding hydrogens is 294 g/mol. The third kappa shape index (κ3) is 3.09. The van der Waals surface area contributed by atoms with Crippen LogP contribution in [0.4, 0.5) is 8.78 Å². The van der Waals surface area contributed by atoms with Crippen molar-refractivity contribution in [3.63, 3.8) is 0 Å². The fourth-order valence-electron chi connectivity index (χ4n) is 3.65. The lowest BCUT2D eigenvalue weighted by atomic mass is 10.1. The van der Waals surface area contributed by atoms with E-state index in [0.29, 0.717) is 26.1 Å². The first-order chi connectivity index (χ1) is 10.2. The summed E-state index contributed by atoms with van der Waals surface area (Å²) in [5, 5.41) is 9.18. The van der Waals surface area contributed by atoms with E-state index >= 15 is 0 Å². The number of carbonyl (C=O) groups excluding carboxylic acids is 1. The van der Waals surface area contributed by atoms with E-state index in [1.807, 2.05) is 6.92 Å². The zero-order valence-corrected chi connectivity index (χ0v) is 13.3. The summed E-state index contributed by atoms with van der Waals surface area (Å²) < 4.78 is 25.2. The third-order valence-electron chi connectivity index (χ3n) is 5.12. The Kier molecular flexibility index (Phi) is 4.75. The molecule has 5 nitrogen and oxygen atoms in total. The predicted molar refractivity (Wildman–Crippen MR) is 76.6 cm³/mol. The van der Waals surface area contributed by atoms with Gasteiger partial charge < -0.3 is 10.0 Å². The van der Waals surface area contributed by atoms with E-state index in [2.05, 4.69) is 0 Å². The SMILES string of the molecule is CCC1CN(C(=O)[C@@H]2[C@H](C(=O)O)C2(C)C)CCN1CC(F)F. The summed E-state index contributed by atoms with van der Waals surface area (Å²) in [5.74, 6) is -2.22. The molecule has 126 valence electrons. The van der Waals surface area contributed by atoms with E-state index in [-0.39, 0.29) is 18.5 Å². The van der Waals surface area contributed by atoms with Crippen molar-refractivity contribution in [2.24, 2.45) is 17.3 Å². The zero-order chi connectivity index (χ0) is 16.7. The van der Waals surface area contributed by atoms with Crippen LogP contribution in [0.3, 0.4) is 0 Å². The number of halogens is 2. The minimum atomic E-state index is -2.38. The second-order valence-electron chi connectivity index (χ2n) is 6.85. The molecule has 0 bridgehead atoms. The van der Waals surface area contributed by atoms with Gasteiger partial charge in [-0.2, -0.15) is 0 Å². The molecule has 1 saturated heterocycles. The van der Waals surface area contributed by atoms with Gasteiger partial charge in [0.15, 0.2) is 0 Å². The van der Waals surface area contributed by atoms with E-state index in [4.69, 9.17) is 0 Å². The highest BCUT2D eigenvalue weighted by atomic mass is 19.3. The minimum absolute atomic E-state index is 0.0863. The van der Waals surface area contributed by atoms with Gasteiger partial charge >= 0.3 is 5.97 Å². The molecule has 0 aromatic rings. The minimum Gasteiger partial charge on any atom is -0.481 e. The second kappa shape index (κ2) is 6.10. The molecule has 1 amide bonds. The van der Waals surface area contributed by atoms with Gasteiger partial charge in [-0.25, -0.2) is 8.78 Å². The van der Waals surface area contributed by atoms with Gasteiger partial charge in [0.25, 0.3) is 6.43 Å². The van der Waals surface area contributed by atoms with Crippen LogP contribution in [0.2, 0.25) is 0 Å². The third-order valence-corrected chi connectivity index (χ3v) is 5.12. The summed E-state index contributed by atoms with van der Waals surface area (Å²) in [6.07, 6.45) is -1.69. The number of amides is 1. The molecule has 1 N–H and O–H groups in total. The van der Waals surface area contributed by atoms with Crippen molar-refractivity contribution in [3.8, 4) is 0 Å². The zero-order valence-electron chi connectivity index (χ0n) is 13.3. The van der Waals surface area contributed by atoms with Crippen LogP contribution < -0.4 is 0 Å². The molecule has 1 unspecified atom stereocenters. The van der Waals surface area contributed by atoms with E-state index < -0.39 is 29.6 Å². The highest BCUT2D eigenvalue weighted by Crippen LogP contribution is 2.59. The lowest BCUT2D eigenvalue weighted by Crippen LogP contribution is -2.56. The van der Waals surface area contributed by atoms with E-state index in [1.165, 1.54) is 0 Å². The van der Waals surface area contributed by atoms with Crippen LogP contribution in [-0.2, 0) is 9.59 Å². The Bertz CT molecular complexity index is 456. The Morgan fingerprint density at radius 3 is 2.36 bits per heavy atom. The smallest absolute Gasteiger partial charge is 0.307 e. The normalized spacial score (nSPS) is 31.4. The maximum atomic E-state index is 12.6. The van der Waals surface area contributed by atoms with Gasteiger partial charge in [0.2, 0.25) is 5.91 Å². The lowest BCUT2D eigenvalue weighted by molar-refractivity contribution is -0.143. The fourth-order valence-corrected chi connectivity index (χ4v) is 3.65. The van der Waals surface area contributed by atoms with Gasteiger partial charge in [-0.3, -0.25) is 14.5 Å². The summed E-state index contributed by atoms with van der Waals surface area (Å²) in [7, 11) is 0. The molecule has 2 fully saturated rings. The molecule has 1 heterocycles. The molecule has 0 spiro atoms. The number of carboxylic acid groups (broad SMARTS) is 1. The predicted octanol–water partition coefficient (Wildman–Crippen LogP) is 1.53. The van der Waals surface area contributed by atoms with Crippen LogP contribution in [0.25, 0.3) is 0 Å². The maximum absolute atomic E-state index is 12.6. The maximum Gasteiger partial charge on any atom is 0.307 e. The molecule has 3 atom stereocenters. The summed E-state index contributed by atoms with van der Waals surface area (Å²) in [4.78, 5) is 27.2. The van der Waals surface area contributed by atoms with Crippen molar-refractivity contribution in [3.05, 3.63) is 0 Å². The number of piperazine rings is 1. The van der Waals surface area contributed by atoms with Gasteiger partial charge in [-0.15, -0.1) is 0 Å². The van der Waals surface area contributed by atoms with Crippen molar-refractivity contribution in [2.45, 2.75) is 39.7 Å². The summed E-state index contributed by atoms with van der Waals surface area (Å²) in [5.41, 5.74) is -0.523. The van der Waals surface area contributed by atoms with E-state index in [9.17, 15) is 23.5 Å². The number of hydrogen-bond acceptors (Lipinski definition) is 3. The number of rotatable bonds is 5. The highest BCUT2D eigenvalue weighted by molar-refractivity contribution is 5.91. The Labute approximate surface area is 129 Å². The largest absolute Gasteiger partial charge is 0.481 e. The Morgan fingerprint density at radius 1 is 1.27 bits per heavy atom. The number of nitrogens with zero attached hydrogens (tertiary/aromatic N) is 2. The molecule has 7 heteroatoms. The first kappa shape index (κ1) is 17.1. The quantitative estimate of drug-likeness (QED) is 0.835. The van der Waals surface area contributed by atoms with E-state index in [1.54, 1.807) is 23.6 Å². The molecule has 1 aliphatic carbocycles. The highest BCUT2D eigenvalue weighted by Gasteiger charge is 2.66. The van der Waals surface area contributed by atoms with Crippen molar-refractivity contribution < 1.29 is 23.5 Å². The van der Waals surface area contributed by atoms with Crippen molar-refractivity contribution in [2.75, 3.05) is 26.2 Å². The number of carbonyl (C=O) groups is 2. The molecule has 1 saturated carbocycles. The monoisotopic (exact) mass is 318 g/mol. The summed E-state index contributed by atoms with van der Waals surface area (Å²) in [6, 6.07) is -0.0863. The molecule has 0 aromatic carbocycles. The average molecular weight is 318 g/mol. The second-order valence-corrected chi connectivity index (χ2v) is 6.85. The number of hydrogen-bond donors (Lipinski definition) is 1. The molecule has 22 heavy (non-hydrogen) atoms. The van der Waals surface area contributed by atoms with E-state index in [0.717, 1.165) is 0 Å². The van der Waals surface area contributed by atoms with Crippen LogP contribution in [0, 0.1) is 17.3 Å². The van der Waals surface area contributed by atoms with Crippen molar-refractivity contribution >= 4 is 11.9 Å². The Balaban J connectivity index is 2.00. The van der Waals surface area contributed by atoms with Crippen LogP contribution in [-0.4, -0.2) is 65.4 Å². The first-order valence-electron chi connectivity index (χ1n) is 7.73. The van der Waals surface area contributed by atoms with Gasteiger partial charge in [-0.05, 0) is 11.8 Å². The van der Waals surface area contributed by atoms with Gasteiger partial charge in [0.1, 0.15) is 0 Å². The summed E-state index contributed by atoms with van der Waals surface area (Å²) >= 11 is 0. The molecular formula is C15H24F2N2O3. The first-order valence-corrected chi connectivity index (χ1v) is 7.73. The van der Waals surface area contributed by atoms with Crippen LogP contribution >= 0.6 is 0 Å². The molecule has 1 aliphatic heterocycles. The van der Waals surface area contributed by atoms with Gasteiger partial charge in [-0.1, -0.05) is 20.8 Å². The molecule has 0 aromatic heterocycles. The average Bonchev–Trinajstić information content (AvgIpc) is 3.00. The summed E-state index contributed by atoms with van der Waals surface area (Å²) in [6.45, 7) is 6.43. The molecule has 2 aliphatic rings. The van der Waals surface area contributed by atoms with Gasteiger partial charge in [0.05, 0.1) is 18.4 Å².